The van der Waals surface area contributed by atoms with Crippen LogP contribution in [0.5, 0.6) is 0 Å². The molecular weight excluding hydrogens is 187 g/mol. The minimum absolute atomic E-state index is 0.420. The van der Waals surface area contributed by atoms with Gasteiger partial charge in [-0.15, -0.1) is 9.24 Å². The zero-order valence-corrected chi connectivity index (χ0v) is 11.8. The van der Waals surface area contributed by atoms with Gasteiger partial charge in [-0.05, 0) is 17.5 Å². The number of hydrogen-bond donors (Lipinski definition) is 0. The molecule has 0 saturated carbocycles. The monoisotopic (exact) mass is 216 g/mol. The van der Waals surface area contributed by atoms with E-state index in [1.54, 1.807) is 0 Å². The molecule has 86 valence electrons. The van der Waals surface area contributed by atoms with Gasteiger partial charge in [-0.3, -0.25) is 0 Å². The van der Waals surface area contributed by atoms with Crippen LogP contribution in [0.4, 0.5) is 0 Å². The van der Waals surface area contributed by atoms with Crippen molar-refractivity contribution in [1.29, 1.82) is 0 Å². The van der Waals surface area contributed by atoms with E-state index in [4.69, 9.17) is 0 Å². The van der Waals surface area contributed by atoms with E-state index in [1.807, 2.05) is 0 Å². The lowest BCUT2D eigenvalue weighted by molar-refractivity contribution is 0.407. The summed E-state index contributed by atoms with van der Waals surface area (Å²) < 4.78 is 0. The molecule has 1 heteroatoms. The Bertz CT molecular complexity index is 124. The highest BCUT2D eigenvalue weighted by Gasteiger charge is 2.19. The zero-order valence-electron chi connectivity index (χ0n) is 10.6. The molecular formula is C13H29P. The SMILES string of the molecule is CCCCCCCCC(C)C(C)(C)P. The molecule has 0 nitrogen and oxygen atoms in total. The molecule has 0 fully saturated rings. The van der Waals surface area contributed by atoms with Crippen molar-refractivity contribution in [2.24, 2.45) is 5.92 Å². The van der Waals surface area contributed by atoms with Crippen molar-refractivity contribution < 1.29 is 0 Å². The van der Waals surface area contributed by atoms with Crippen LogP contribution in [-0.4, -0.2) is 5.16 Å². The Hall–Kier alpha value is 0.430. The van der Waals surface area contributed by atoms with Crippen LogP contribution in [0.1, 0.15) is 72.6 Å². The predicted molar refractivity (Wildman–Crippen MR) is 70.9 cm³/mol. The second kappa shape index (κ2) is 7.69. The van der Waals surface area contributed by atoms with Gasteiger partial charge in [0.2, 0.25) is 0 Å². The largest absolute Gasteiger partial charge is 0.131 e. The van der Waals surface area contributed by atoms with E-state index in [2.05, 4.69) is 36.9 Å². The Labute approximate surface area is 93.4 Å². The average Bonchev–Trinajstić information content (AvgIpc) is 2.09. The molecule has 0 aromatic carbocycles. The molecule has 0 aromatic rings. The highest BCUT2D eigenvalue weighted by Crippen LogP contribution is 2.30. The zero-order chi connectivity index (χ0) is 11.0. The highest BCUT2D eigenvalue weighted by molar-refractivity contribution is 7.18. The molecule has 0 radical (unpaired) electrons. The van der Waals surface area contributed by atoms with Gasteiger partial charge in [0.15, 0.2) is 0 Å². The minimum Gasteiger partial charge on any atom is -0.131 e. The lowest BCUT2D eigenvalue weighted by atomic mass is 9.91. The van der Waals surface area contributed by atoms with Gasteiger partial charge in [-0.25, -0.2) is 0 Å². The van der Waals surface area contributed by atoms with Gasteiger partial charge in [-0.1, -0.05) is 66.2 Å². The summed E-state index contributed by atoms with van der Waals surface area (Å²) in [6.45, 7) is 9.29. The third kappa shape index (κ3) is 7.80. The fourth-order valence-corrected chi connectivity index (χ4v) is 1.77. The van der Waals surface area contributed by atoms with Gasteiger partial charge < -0.3 is 0 Å². The van der Waals surface area contributed by atoms with Crippen molar-refractivity contribution in [1.82, 2.24) is 0 Å². The lowest BCUT2D eigenvalue weighted by Crippen LogP contribution is -2.20. The quantitative estimate of drug-likeness (QED) is 0.394. The van der Waals surface area contributed by atoms with Crippen LogP contribution in [0, 0.1) is 5.92 Å². The molecule has 0 aliphatic carbocycles. The molecule has 0 aliphatic heterocycles. The van der Waals surface area contributed by atoms with E-state index in [0.29, 0.717) is 5.16 Å². The van der Waals surface area contributed by atoms with E-state index < -0.39 is 0 Å². The van der Waals surface area contributed by atoms with E-state index in [-0.39, 0.29) is 0 Å². The first kappa shape index (κ1) is 14.4. The van der Waals surface area contributed by atoms with Gasteiger partial charge >= 0.3 is 0 Å². The summed E-state index contributed by atoms with van der Waals surface area (Å²) in [5, 5.41) is 0.420. The van der Waals surface area contributed by atoms with Crippen LogP contribution < -0.4 is 0 Å². The third-order valence-corrected chi connectivity index (χ3v) is 3.83. The molecule has 0 N–H and O–H groups in total. The predicted octanol–water partition coefficient (Wildman–Crippen LogP) is 5.03. The second-order valence-corrected chi connectivity index (χ2v) is 6.77. The van der Waals surface area contributed by atoms with Crippen molar-refractivity contribution in [2.45, 2.75) is 77.8 Å². The van der Waals surface area contributed by atoms with E-state index in [9.17, 15) is 0 Å². The highest BCUT2D eigenvalue weighted by atomic mass is 31.0. The summed E-state index contributed by atoms with van der Waals surface area (Å²) in [5.41, 5.74) is 0. The Balaban J connectivity index is 3.28. The molecule has 14 heavy (non-hydrogen) atoms. The van der Waals surface area contributed by atoms with Crippen molar-refractivity contribution >= 4 is 9.24 Å². The van der Waals surface area contributed by atoms with Gasteiger partial charge in [0.1, 0.15) is 0 Å². The first-order valence-corrected chi connectivity index (χ1v) is 6.85. The van der Waals surface area contributed by atoms with Gasteiger partial charge in [0.25, 0.3) is 0 Å². The van der Waals surface area contributed by atoms with E-state index in [0.717, 1.165) is 5.92 Å². The van der Waals surface area contributed by atoms with Gasteiger partial charge in [-0.2, -0.15) is 0 Å². The first-order valence-electron chi connectivity index (χ1n) is 6.27. The van der Waals surface area contributed by atoms with Gasteiger partial charge in [0.05, 0.1) is 0 Å². The van der Waals surface area contributed by atoms with Crippen molar-refractivity contribution in [3.63, 3.8) is 0 Å². The van der Waals surface area contributed by atoms with Crippen LogP contribution in [-0.2, 0) is 0 Å². The molecule has 0 heterocycles. The summed E-state index contributed by atoms with van der Waals surface area (Å²) in [5.74, 6) is 0.832. The fourth-order valence-electron chi connectivity index (χ4n) is 1.60. The first-order chi connectivity index (χ1) is 6.48. The summed E-state index contributed by atoms with van der Waals surface area (Å²) in [6.07, 6.45) is 9.91. The summed E-state index contributed by atoms with van der Waals surface area (Å²) in [6, 6.07) is 0. The average molecular weight is 216 g/mol. The Kier molecular flexibility index (Phi) is 7.92. The van der Waals surface area contributed by atoms with Crippen LogP contribution in [0.3, 0.4) is 0 Å². The smallest absolute Gasteiger partial charge is 0.0181 e. The van der Waals surface area contributed by atoms with Crippen molar-refractivity contribution in [3.8, 4) is 0 Å². The van der Waals surface area contributed by atoms with Gasteiger partial charge in [0, 0.05) is 0 Å². The second-order valence-electron chi connectivity index (χ2n) is 5.28. The molecule has 0 spiro atoms. The number of unbranched alkanes of at least 4 members (excludes halogenated alkanes) is 5. The van der Waals surface area contributed by atoms with Crippen LogP contribution in [0.15, 0.2) is 0 Å². The third-order valence-electron chi connectivity index (χ3n) is 3.26. The standard InChI is InChI=1S/C13H29P/c1-5-6-7-8-9-10-11-12(2)13(3,4)14/h12H,5-11,14H2,1-4H3. The molecule has 0 aliphatic rings. The molecule has 0 amide bonds. The molecule has 2 atom stereocenters. The molecule has 0 saturated heterocycles. The van der Waals surface area contributed by atoms with E-state index >= 15 is 0 Å². The summed E-state index contributed by atoms with van der Waals surface area (Å²) >= 11 is 0. The van der Waals surface area contributed by atoms with Crippen molar-refractivity contribution in [3.05, 3.63) is 0 Å². The normalized spacial score (nSPS) is 14.4. The van der Waals surface area contributed by atoms with Crippen LogP contribution >= 0.6 is 9.24 Å². The van der Waals surface area contributed by atoms with E-state index in [1.165, 1.54) is 44.9 Å². The molecule has 0 aromatic heterocycles. The Morgan fingerprint density at radius 3 is 2.00 bits per heavy atom. The molecule has 2 unspecified atom stereocenters. The number of rotatable bonds is 8. The van der Waals surface area contributed by atoms with Crippen LogP contribution in [0.2, 0.25) is 0 Å². The topological polar surface area (TPSA) is 0 Å². The van der Waals surface area contributed by atoms with Crippen LogP contribution in [0.25, 0.3) is 0 Å². The maximum absolute atomic E-state index is 2.97. The summed E-state index contributed by atoms with van der Waals surface area (Å²) in [4.78, 5) is 0. The maximum Gasteiger partial charge on any atom is -0.0181 e. The number of hydrogen-bond acceptors (Lipinski definition) is 0. The fraction of sp³-hybridized carbons (Fsp3) is 1.00. The maximum atomic E-state index is 2.97. The minimum atomic E-state index is 0.420. The molecule has 0 rings (SSSR count). The Morgan fingerprint density at radius 1 is 1.00 bits per heavy atom. The van der Waals surface area contributed by atoms with Crippen molar-refractivity contribution in [2.75, 3.05) is 0 Å². The Morgan fingerprint density at radius 2 is 1.50 bits per heavy atom. The summed E-state index contributed by atoms with van der Waals surface area (Å²) in [7, 11) is 2.97. The lowest BCUT2D eigenvalue weighted by Gasteiger charge is -2.26. The molecule has 0 bridgehead atoms.